The zero-order valence-electron chi connectivity index (χ0n) is 20.4. The first-order chi connectivity index (χ1) is 17.8. The van der Waals surface area contributed by atoms with Gasteiger partial charge in [0.25, 0.3) is 5.91 Å². The molecule has 1 fully saturated rings. The van der Waals surface area contributed by atoms with Gasteiger partial charge in [0.05, 0.1) is 11.6 Å². The lowest BCUT2D eigenvalue weighted by molar-refractivity contribution is -0.134. The fourth-order valence-electron chi connectivity index (χ4n) is 5.31. The van der Waals surface area contributed by atoms with E-state index in [1.54, 1.807) is 6.20 Å². The minimum Gasteiger partial charge on any atom is -0.478 e. The molecule has 0 unspecified atom stereocenters. The second-order valence-corrected chi connectivity index (χ2v) is 9.24. The van der Waals surface area contributed by atoms with Gasteiger partial charge in [0.2, 0.25) is 0 Å². The van der Waals surface area contributed by atoms with Crippen LogP contribution in [0.1, 0.15) is 45.8 Å². The average molecular weight is 503 g/mol. The summed E-state index contributed by atoms with van der Waals surface area (Å²) >= 11 is 0. The number of aryl methyl sites for hydroxylation is 1. The predicted octanol–water partition coefficient (Wildman–Crippen LogP) is 2.83. The number of likely N-dealkylation sites (tertiary alicyclic amines) is 1. The number of nitrogens with zero attached hydrogens (tertiary/aromatic N) is 3. The number of benzene rings is 2. The normalized spacial score (nSPS) is 16.2. The molecule has 0 bridgehead atoms. The quantitative estimate of drug-likeness (QED) is 0.456. The molecule has 1 saturated heterocycles. The van der Waals surface area contributed by atoms with Crippen LogP contribution in [0.2, 0.25) is 0 Å². The molecule has 0 radical (unpaired) electrons. The Labute approximate surface area is 214 Å². The molecule has 3 heterocycles. The van der Waals surface area contributed by atoms with E-state index in [4.69, 9.17) is 20.9 Å². The number of aromatic nitrogens is 2. The summed E-state index contributed by atoms with van der Waals surface area (Å²) in [5.74, 6) is -1.90. The van der Waals surface area contributed by atoms with E-state index < -0.39 is 17.8 Å². The molecule has 2 aliphatic rings. The molecule has 9 nitrogen and oxygen atoms in total. The van der Waals surface area contributed by atoms with Crippen LogP contribution in [0.4, 0.5) is 0 Å². The summed E-state index contributed by atoms with van der Waals surface area (Å²) in [5, 5.41) is 15.6. The number of hydrogen-bond donors (Lipinski definition) is 3. The van der Waals surface area contributed by atoms with E-state index in [9.17, 15) is 14.4 Å². The number of hydrogen-bond acceptors (Lipinski definition) is 5. The van der Waals surface area contributed by atoms with Gasteiger partial charge in [0.15, 0.2) is 0 Å². The van der Waals surface area contributed by atoms with Crippen molar-refractivity contribution < 1.29 is 24.6 Å². The number of carbonyl (C=O) groups excluding carboxylic acids is 1. The highest BCUT2D eigenvalue weighted by molar-refractivity contribution is 5.91. The molecule has 2 aromatic carbocycles. The van der Waals surface area contributed by atoms with Crippen LogP contribution >= 0.6 is 0 Å². The van der Waals surface area contributed by atoms with Crippen LogP contribution in [-0.2, 0) is 34.5 Å². The third-order valence-electron chi connectivity index (χ3n) is 7.00. The van der Waals surface area contributed by atoms with Crippen molar-refractivity contribution in [2.75, 3.05) is 13.1 Å². The Bertz CT molecular complexity index is 1290. The summed E-state index contributed by atoms with van der Waals surface area (Å²) in [7, 11) is 0. The highest BCUT2D eigenvalue weighted by Gasteiger charge is 2.44. The second-order valence-electron chi connectivity index (χ2n) is 9.24. The number of primary amides is 1. The first kappa shape index (κ1) is 25.8. The van der Waals surface area contributed by atoms with Crippen LogP contribution in [0.3, 0.4) is 0 Å². The van der Waals surface area contributed by atoms with E-state index in [2.05, 4.69) is 64.1 Å². The number of aliphatic carboxylic acids is 2. The first-order valence-corrected chi connectivity index (χ1v) is 12.1. The molecule has 192 valence electrons. The predicted molar refractivity (Wildman–Crippen MR) is 137 cm³/mol. The molecule has 3 aromatic rings. The molecular weight excluding hydrogens is 472 g/mol. The number of fused-ring (bicyclic) bond motifs is 4. The van der Waals surface area contributed by atoms with Crippen molar-refractivity contribution in [1.82, 2.24) is 14.5 Å². The fourth-order valence-corrected chi connectivity index (χ4v) is 5.31. The third kappa shape index (κ3) is 5.78. The van der Waals surface area contributed by atoms with E-state index in [-0.39, 0.29) is 5.41 Å². The van der Waals surface area contributed by atoms with Gasteiger partial charge in [-0.15, -0.1) is 0 Å². The maximum Gasteiger partial charge on any atom is 0.328 e. The summed E-state index contributed by atoms with van der Waals surface area (Å²) in [6, 6.07) is 19.4. The largest absolute Gasteiger partial charge is 0.478 e. The van der Waals surface area contributed by atoms with Gasteiger partial charge < -0.3 is 20.5 Å². The monoisotopic (exact) mass is 502 g/mol. The number of piperidine rings is 1. The van der Waals surface area contributed by atoms with Crippen molar-refractivity contribution in [3.05, 3.63) is 101 Å². The summed E-state index contributed by atoms with van der Waals surface area (Å²) < 4.78 is 2.08. The second kappa shape index (κ2) is 11.2. The topological polar surface area (TPSA) is 139 Å². The molecule has 4 N–H and O–H groups in total. The number of nitrogens with two attached hydrogens (primary N) is 1. The SMILES string of the molecule is NC(=O)c1cnc2n1CCc1ccccc1C21CCN(Cc2ccccc2)CC1.O=C(O)/C=C/C(=O)O. The van der Waals surface area contributed by atoms with E-state index in [0.29, 0.717) is 17.8 Å². The summed E-state index contributed by atoms with van der Waals surface area (Å²) in [6.07, 6.45) is 5.67. The Hall–Kier alpha value is -4.24. The van der Waals surface area contributed by atoms with Crippen molar-refractivity contribution in [3.8, 4) is 0 Å². The molecule has 1 spiro atoms. The Morgan fingerprint density at radius 2 is 1.54 bits per heavy atom. The van der Waals surface area contributed by atoms with Gasteiger partial charge in [-0.1, -0.05) is 54.6 Å². The van der Waals surface area contributed by atoms with Crippen molar-refractivity contribution in [2.24, 2.45) is 5.73 Å². The Balaban J connectivity index is 0.000000349. The van der Waals surface area contributed by atoms with E-state index in [1.807, 2.05) is 0 Å². The number of carboxylic acids is 2. The van der Waals surface area contributed by atoms with E-state index in [0.717, 1.165) is 51.3 Å². The molecule has 0 saturated carbocycles. The van der Waals surface area contributed by atoms with Gasteiger partial charge in [-0.05, 0) is 49.0 Å². The molecule has 2 aliphatic heterocycles. The van der Waals surface area contributed by atoms with E-state index >= 15 is 0 Å². The lowest BCUT2D eigenvalue weighted by Gasteiger charge is -2.42. The molecule has 1 aromatic heterocycles. The van der Waals surface area contributed by atoms with Crippen LogP contribution in [0.15, 0.2) is 72.9 Å². The minimum atomic E-state index is -1.26. The third-order valence-corrected chi connectivity index (χ3v) is 7.00. The smallest absolute Gasteiger partial charge is 0.328 e. The van der Waals surface area contributed by atoms with E-state index in [1.165, 1.54) is 16.7 Å². The standard InChI is InChI=1S/C24H26N4O.C4H4O4/c25-22(29)21-16-26-23-24(20-9-5-4-8-19(20)10-13-28(21)23)11-14-27(15-12-24)17-18-6-2-1-3-7-18;5-3(6)1-2-4(7)8/h1-9,16H,10-15,17H2,(H2,25,29);1-2H,(H,5,6)(H,7,8)/b;2-1+. The minimum absolute atomic E-state index is 0.159. The van der Waals surface area contributed by atoms with Gasteiger partial charge in [-0.3, -0.25) is 9.69 Å². The Morgan fingerprint density at radius 3 is 2.16 bits per heavy atom. The van der Waals surface area contributed by atoms with Crippen LogP contribution in [0.25, 0.3) is 0 Å². The maximum atomic E-state index is 12.0. The number of amides is 1. The highest BCUT2D eigenvalue weighted by atomic mass is 16.4. The van der Waals surface area contributed by atoms with Crippen LogP contribution in [0, 0.1) is 0 Å². The maximum absolute atomic E-state index is 12.0. The molecule has 37 heavy (non-hydrogen) atoms. The molecule has 9 heteroatoms. The van der Waals surface area contributed by atoms with Gasteiger partial charge >= 0.3 is 11.9 Å². The zero-order valence-corrected chi connectivity index (χ0v) is 20.4. The number of carbonyl (C=O) groups is 3. The molecule has 0 aliphatic carbocycles. The van der Waals surface area contributed by atoms with Gasteiger partial charge in [0, 0.05) is 25.2 Å². The number of imidazole rings is 1. The van der Waals surface area contributed by atoms with Crippen molar-refractivity contribution in [1.29, 1.82) is 0 Å². The Kier molecular flexibility index (Phi) is 7.83. The van der Waals surface area contributed by atoms with Crippen molar-refractivity contribution in [3.63, 3.8) is 0 Å². The summed E-state index contributed by atoms with van der Waals surface area (Å²) in [6.45, 7) is 3.73. The summed E-state index contributed by atoms with van der Waals surface area (Å²) in [4.78, 5) is 38.4. The average Bonchev–Trinajstić information content (AvgIpc) is 3.28. The Morgan fingerprint density at radius 1 is 0.919 bits per heavy atom. The van der Waals surface area contributed by atoms with Gasteiger partial charge in [0.1, 0.15) is 11.5 Å². The molecule has 5 rings (SSSR count). The molecule has 1 amide bonds. The van der Waals surface area contributed by atoms with Crippen LogP contribution in [-0.4, -0.2) is 55.6 Å². The van der Waals surface area contributed by atoms with Crippen LogP contribution < -0.4 is 5.73 Å². The zero-order chi connectivity index (χ0) is 26.4. The lowest BCUT2D eigenvalue weighted by Crippen LogP contribution is -2.44. The summed E-state index contributed by atoms with van der Waals surface area (Å²) in [5.41, 5.74) is 10.1. The number of rotatable bonds is 5. The van der Waals surface area contributed by atoms with Crippen molar-refractivity contribution in [2.45, 2.75) is 37.8 Å². The van der Waals surface area contributed by atoms with Gasteiger partial charge in [-0.2, -0.15) is 0 Å². The lowest BCUT2D eigenvalue weighted by atomic mass is 9.70. The highest BCUT2D eigenvalue weighted by Crippen LogP contribution is 2.44. The molecule has 0 atom stereocenters. The molecular formula is C28H30N4O5. The fraction of sp³-hybridized carbons (Fsp3) is 0.286. The van der Waals surface area contributed by atoms with Crippen LogP contribution in [0.5, 0.6) is 0 Å². The number of carboxylic acid groups (broad SMARTS) is 2. The van der Waals surface area contributed by atoms with Crippen molar-refractivity contribution >= 4 is 17.8 Å². The van der Waals surface area contributed by atoms with Gasteiger partial charge in [-0.25, -0.2) is 14.6 Å². The first-order valence-electron chi connectivity index (χ1n) is 12.1.